The summed E-state index contributed by atoms with van der Waals surface area (Å²) >= 11 is 7.19. The summed E-state index contributed by atoms with van der Waals surface area (Å²) < 4.78 is 18.3. The summed E-state index contributed by atoms with van der Waals surface area (Å²) in [4.78, 5) is 12.9. The summed E-state index contributed by atoms with van der Waals surface area (Å²) in [6.07, 6.45) is 0.364. The highest BCUT2D eigenvalue weighted by molar-refractivity contribution is 8.00. The second kappa shape index (κ2) is 8.13. The van der Waals surface area contributed by atoms with E-state index >= 15 is 0 Å². The topological polar surface area (TPSA) is 68.0 Å². The van der Waals surface area contributed by atoms with Gasteiger partial charge in [-0.3, -0.25) is 10.1 Å². The Labute approximate surface area is 152 Å². The SMILES string of the molecule is O=C(CSc1ccc(Cl)cc1)Nc1nnc(Cc2ccc(F)cc2)o1. The molecule has 3 aromatic rings. The Morgan fingerprint density at radius 3 is 2.56 bits per heavy atom. The van der Waals surface area contributed by atoms with Crippen LogP contribution in [0.25, 0.3) is 0 Å². The molecule has 25 heavy (non-hydrogen) atoms. The molecule has 0 fully saturated rings. The monoisotopic (exact) mass is 377 g/mol. The van der Waals surface area contributed by atoms with E-state index in [-0.39, 0.29) is 23.5 Å². The highest BCUT2D eigenvalue weighted by Gasteiger charge is 2.11. The van der Waals surface area contributed by atoms with Crippen LogP contribution in [0.4, 0.5) is 10.4 Å². The molecule has 128 valence electrons. The molecule has 0 aliphatic carbocycles. The van der Waals surface area contributed by atoms with Gasteiger partial charge in [-0.05, 0) is 42.0 Å². The summed E-state index contributed by atoms with van der Waals surface area (Å²) in [6, 6.07) is 13.3. The first-order valence-corrected chi connectivity index (χ1v) is 8.70. The molecule has 0 unspecified atom stereocenters. The molecule has 8 heteroatoms. The van der Waals surface area contributed by atoms with Crippen LogP contribution in [0.15, 0.2) is 57.8 Å². The Morgan fingerprint density at radius 1 is 1.12 bits per heavy atom. The summed E-state index contributed by atoms with van der Waals surface area (Å²) in [7, 11) is 0. The fourth-order valence-corrected chi connectivity index (χ4v) is 2.81. The predicted octanol–water partition coefficient (Wildman–Crippen LogP) is 4.18. The average Bonchev–Trinajstić information content (AvgIpc) is 3.03. The molecular formula is C17H13ClFN3O2S. The van der Waals surface area contributed by atoms with Gasteiger partial charge in [0.2, 0.25) is 11.8 Å². The second-order valence-corrected chi connectivity index (χ2v) is 6.58. The van der Waals surface area contributed by atoms with Crippen molar-refractivity contribution in [2.24, 2.45) is 0 Å². The van der Waals surface area contributed by atoms with Crippen molar-refractivity contribution < 1.29 is 13.6 Å². The Bertz CT molecular complexity index is 853. The molecule has 1 heterocycles. The van der Waals surface area contributed by atoms with Crippen molar-refractivity contribution in [3.05, 3.63) is 70.8 Å². The van der Waals surface area contributed by atoms with Crippen molar-refractivity contribution in [1.82, 2.24) is 10.2 Å². The van der Waals surface area contributed by atoms with E-state index < -0.39 is 0 Å². The molecule has 0 bridgehead atoms. The second-order valence-electron chi connectivity index (χ2n) is 5.09. The fourth-order valence-electron chi connectivity index (χ4n) is 1.99. The molecule has 0 spiro atoms. The van der Waals surface area contributed by atoms with Gasteiger partial charge in [-0.25, -0.2) is 4.39 Å². The standard InChI is InChI=1S/C17H13ClFN3O2S/c18-12-3-7-14(8-4-12)25-10-15(23)20-17-22-21-16(24-17)9-11-1-5-13(19)6-2-11/h1-8H,9-10H2,(H,20,22,23). The van der Waals surface area contributed by atoms with Crippen molar-refractivity contribution in [2.75, 3.05) is 11.1 Å². The van der Waals surface area contributed by atoms with E-state index in [1.54, 1.807) is 24.3 Å². The number of anilines is 1. The number of aromatic nitrogens is 2. The molecule has 0 atom stereocenters. The van der Waals surface area contributed by atoms with Gasteiger partial charge in [-0.2, -0.15) is 0 Å². The van der Waals surface area contributed by atoms with Crippen molar-refractivity contribution in [3.63, 3.8) is 0 Å². The lowest BCUT2D eigenvalue weighted by Gasteiger charge is -2.01. The summed E-state index contributed by atoms with van der Waals surface area (Å²) in [5.74, 6) is -0.0123. The smallest absolute Gasteiger partial charge is 0.322 e. The van der Waals surface area contributed by atoms with Gasteiger partial charge in [-0.15, -0.1) is 16.9 Å². The zero-order valence-electron chi connectivity index (χ0n) is 12.9. The van der Waals surface area contributed by atoms with Crippen LogP contribution in [0.5, 0.6) is 0 Å². The summed E-state index contributed by atoms with van der Waals surface area (Å²) in [5, 5.41) is 10.9. The first-order chi connectivity index (χ1) is 12.1. The summed E-state index contributed by atoms with van der Waals surface area (Å²) in [5.41, 5.74) is 0.834. The van der Waals surface area contributed by atoms with Crippen LogP contribution in [0.1, 0.15) is 11.5 Å². The predicted molar refractivity (Wildman–Crippen MR) is 94.3 cm³/mol. The molecule has 0 radical (unpaired) electrons. The van der Waals surface area contributed by atoms with Gasteiger partial charge in [0.1, 0.15) is 5.82 Å². The Balaban J connectivity index is 1.51. The van der Waals surface area contributed by atoms with E-state index in [1.165, 1.54) is 23.9 Å². The number of halogens is 2. The van der Waals surface area contributed by atoms with Gasteiger partial charge in [0.05, 0.1) is 12.2 Å². The molecule has 5 nitrogen and oxygen atoms in total. The molecule has 0 saturated carbocycles. The van der Waals surface area contributed by atoms with Crippen LogP contribution in [-0.4, -0.2) is 21.9 Å². The molecule has 0 aliphatic rings. The lowest BCUT2D eigenvalue weighted by Crippen LogP contribution is -2.14. The third kappa shape index (κ3) is 5.30. The fraction of sp³-hybridized carbons (Fsp3) is 0.118. The molecule has 3 rings (SSSR count). The van der Waals surface area contributed by atoms with E-state index in [2.05, 4.69) is 15.5 Å². The van der Waals surface area contributed by atoms with Gasteiger partial charge < -0.3 is 4.42 Å². The number of benzene rings is 2. The van der Waals surface area contributed by atoms with Crippen LogP contribution in [0.2, 0.25) is 5.02 Å². The Hall–Kier alpha value is -2.38. The van der Waals surface area contributed by atoms with Crippen molar-refractivity contribution in [2.45, 2.75) is 11.3 Å². The van der Waals surface area contributed by atoms with Crippen LogP contribution in [0, 0.1) is 5.82 Å². The molecule has 0 aliphatic heterocycles. The largest absolute Gasteiger partial charge is 0.407 e. The number of carbonyl (C=O) groups excluding carboxylic acids is 1. The highest BCUT2D eigenvalue weighted by atomic mass is 35.5. The number of nitrogens with zero attached hydrogens (tertiary/aromatic N) is 2. The van der Waals surface area contributed by atoms with Gasteiger partial charge in [0, 0.05) is 9.92 Å². The van der Waals surface area contributed by atoms with Crippen LogP contribution >= 0.6 is 23.4 Å². The average molecular weight is 378 g/mol. The van der Waals surface area contributed by atoms with Gasteiger partial charge in [0.25, 0.3) is 0 Å². The molecule has 2 aromatic carbocycles. The quantitative estimate of drug-likeness (QED) is 0.652. The van der Waals surface area contributed by atoms with E-state index in [0.29, 0.717) is 17.3 Å². The van der Waals surface area contributed by atoms with Crippen molar-refractivity contribution in [1.29, 1.82) is 0 Å². The maximum atomic E-state index is 12.9. The number of rotatable bonds is 6. The molecule has 1 N–H and O–H groups in total. The zero-order valence-corrected chi connectivity index (χ0v) is 14.5. The first-order valence-electron chi connectivity index (χ1n) is 7.33. The lowest BCUT2D eigenvalue weighted by atomic mass is 10.1. The van der Waals surface area contributed by atoms with Crippen LogP contribution < -0.4 is 5.32 Å². The first kappa shape index (κ1) is 17.4. The maximum absolute atomic E-state index is 12.9. The van der Waals surface area contributed by atoms with E-state index in [0.717, 1.165) is 10.5 Å². The van der Waals surface area contributed by atoms with Crippen molar-refractivity contribution in [3.8, 4) is 0 Å². The van der Waals surface area contributed by atoms with E-state index in [1.807, 2.05) is 12.1 Å². The normalized spacial score (nSPS) is 10.6. The van der Waals surface area contributed by atoms with E-state index in [4.69, 9.17) is 16.0 Å². The van der Waals surface area contributed by atoms with Crippen LogP contribution in [0.3, 0.4) is 0 Å². The Kier molecular flexibility index (Phi) is 5.67. The third-order valence-corrected chi connectivity index (χ3v) is 4.43. The minimum Gasteiger partial charge on any atom is -0.407 e. The minimum absolute atomic E-state index is 0.0406. The maximum Gasteiger partial charge on any atom is 0.322 e. The summed E-state index contributed by atoms with van der Waals surface area (Å²) in [6.45, 7) is 0. The minimum atomic E-state index is -0.305. The molecule has 1 amide bonds. The number of carbonyl (C=O) groups is 1. The Morgan fingerprint density at radius 2 is 1.84 bits per heavy atom. The van der Waals surface area contributed by atoms with Crippen LogP contribution in [-0.2, 0) is 11.2 Å². The molecule has 1 aromatic heterocycles. The molecule has 0 saturated heterocycles. The number of amides is 1. The lowest BCUT2D eigenvalue weighted by molar-refractivity contribution is -0.113. The number of hydrogen-bond donors (Lipinski definition) is 1. The van der Waals surface area contributed by atoms with Gasteiger partial charge in [0.15, 0.2) is 0 Å². The number of hydrogen-bond acceptors (Lipinski definition) is 5. The van der Waals surface area contributed by atoms with Gasteiger partial charge in [-0.1, -0.05) is 28.8 Å². The molecular weight excluding hydrogens is 365 g/mol. The highest BCUT2D eigenvalue weighted by Crippen LogP contribution is 2.20. The number of nitrogens with one attached hydrogen (secondary N) is 1. The van der Waals surface area contributed by atoms with Gasteiger partial charge >= 0.3 is 6.01 Å². The number of thioether (sulfide) groups is 1. The zero-order chi connectivity index (χ0) is 17.6. The van der Waals surface area contributed by atoms with Crippen molar-refractivity contribution >= 4 is 35.3 Å². The van der Waals surface area contributed by atoms with E-state index in [9.17, 15) is 9.18 Å². The third-order valence-electron chi connectivity index (χ3n) is 3.17.